The minimum absolute atomic E-state index is 0.187. The monoisotopic (exact) mass is 290 g/mol. The maximum absolute atomic E-state index is 12.6. The second-order valence-electron chi connectivity index (χ2n) is 6.05. The number of rotatable bonds is 6. The first-order chi connectivity index (χ1) is 10.1. The zero-order valence-corrected chi connectivity index (χ0v) is 13.3. The van der Waals surface area contributed by atoms with Crippen LogP contribution < -0.4 is 5.32 Å². The van der Waals surface area contributed by atoms with Gasteiger partial charge in [0.05, 0.1) is 7.11 Å². The Morgan fingerprint density at radius 2 is 1.90 bits per heavy atom. The largest absolute Gasteiger partial charge is 0.467 e. The van der Waals surface area contributed by atoms with Crippen molar-refractivity contribution < 1.29 is 9.53 Å². The minimum Gasteiger partial charge on any atom is -0.467 e. The highest BCUT2D eigenvalue weighted by atomic mass is 16.5. The second kappa shape index (κ2) is 7.05. The highest BCUT2D eigenvalue weighted by Crippen LogP contribution is 2.27. The quantitative estimate of drug-likeness (QED) is 0.815. The van der Waals surface area contributed by atoms with Gasteiger partial charge in [-0.3, -0.25) is 5.32 Å². The molecule has 2 rings (SSSR count). The van der Waals surface area contributed by atoms with E-state index < -0.39 is 5.54 Å². The van der Waals surface area contributed by atoms with Gasteiger partial charge in [-0.15, -0.1) is 0 Å². The van der Waals surface area contributed by atoms with E-state index in [1.54, 1.807) is 0 Å². The molecule has 0 bridgehead atoms. The number of methoxy groups -OCH3 is 1. The number of ether oxygens (including phenoxy) is 1. The molecule has 1 aliphatic heterocycles. The lowest BCUT2D eigenvalue weighted by Gasteiger charge is -2.37. The van der Waals surface area contributed by atoms with Crippen molar-refractivity contribution in [1.29, 1.82) is 0 Å². The summed E-state index contributed by atoms with van der Waals surface area (Å²) < 4.78 is 5.15. The summed E-state index contributed by atoms with van der Waals surface area (Å²) in [5, 5.41) is 3.47. The molecule has 0 radical (unpaired) electrons. The second-order valence-corrected chi connectivity index (χ2v) is 6.05. The van der Waals surface area contributed by atoms with Crippen LogP contribution in [0.5, 0.6) is 0 Å². The van der Waals surface area contributed by atoms with E-state index in [0.29, 0.717) is 6.54 Å². The summed E-state index contributed by atoms with van der Waals surface area (Å²) in [5.41, 5.74) is 0.173. The van der Waals surface area contributed by atoms with Gasteiger partial charge in [0.15, 0.2) is 5.54 Å². The maximum Gasteiger partial charge on any atom is 0.332 e. The summed E-state index contributed by atoms with van der Waals surface area (Å²) in [4.78, 5) is 15.0. The number of nitrogens with one attached hydrogen (secondary N) is 1. The Kier molecular flexibility index (Phi) is 5.37. The van der Waals surface area contributed by atoms with Gasteiger partial charge in [0.25, 0.3) is 0 Å². The average molecular weight is 290 g/mol. The molecule has 0 aromatic heterocycles. The van der Waals surface area contributed by atoms with Gasteiger partial charge in [-0.25, -0.2) is 4.79 Å². The Morgan fingerprint density at radius 3 is 2.43 bits per heavy atom. The van der Waals surface area contributed by atoms with E-state index in [9.17, 15) is 4.79 Å². The summed E-state index contributed by atoms with van der Waals surface area (Å²) in [7, 11) is 1.46. The molecular formula is C17H26N2O2. The van der Waals surface area contributed by atoms with Crippen LogP contribution in [0.25, 0.3) is 0 Å². The van der Waals surface area contributed by atoms with Gasteiger partial charge in [0.2, 0.25) is 0 Å². The number of hydrogen-bond donors (Lipinski definition) is 1. The predicted molar refractivity (Wildman–Crippen MR) is 84.1 cm³/mol. The third-order valence-electron chi connectivity index (χ3n) is 3.99. The molecule has 0 saturated carbocycles. The molecule has 4 heteroatoms. The number of carbonyl (C=O) groups excluding carboxylic acids is 1. The zero-order valence-electron chi connectivity index (χ0n) is 13.3. The molecule has 1 fully saturated rings. The van der Waals surface area contributed by atoms with Gasteiger partial charge in [-0.05, 0) is 45.3 Å². The number of benzene rings is 1. The van der Waals surface area contributed by atoms with Crippen LogP contribution in [-0.4, -0.2) is 43.7 Å². The summed E-state index contributed by atoms with van der Waals surface area (Å²) in [5.74, 6) is -0.214. The fraction of sp³-hybridized carbons (Fsp3) is 0.588. The van der Waals surface area contributed by atoms with Crippen LogP contribution >= 0.6 is 0 Å². The topological polar surface area (TPSA) is 41.6 Å². The Hall–Kier alpha value is -1.39. The van der Waals surface area contributed by atoms with Crippen molar-refractivity contribution in [1.82, 2.24) is 10.2 Å². The third-order valence-corrected chi connectivity index (χ3v) is 3.99. The fourth-order valence-electron chi connectivity index (χ4n) is 3.13. The summed E-state index contributed by atoms with van der Waals surface area (Å²) in [6.07, 6.45) is 2.40. The molecule has 116 valence electrons. The molecular weight excluding hydrogens is 264 g/mol. The highest BCUT2D eigenvalue weighted by Gasteiger charge is 2.43. The lowest BCUT2D eigenvalue weighted by atomic mass is 9.88. The third kappa shape index (κ3) is 3.63. The van der Waals surface area contributed by atoms with Crippen molar-refractivity contribution in [2.45, 2.75) is 38.3 Å². The van der Waals surface area contributed by atoms with Gasteiger partial charge in [0.1, 0.15) is 0 Å². The number of carbonyl (C=O) groups is 1. The predicted octanol–water partition coefficient (Wildman–Crippen LogP) is 2.15. The van der Waals surface area contributed by atoms with Crippen LogP contribution in [0.15, 0.2) is 30.3 Å². The standard InChI is InChI=1S/C17H26N2O2/c1-14(2)18-17(16(20)21-3,13-19-11-7-8-12-19)15-9-5-4-6-10-15/h4-6,9-10,14,18H,7-8,11-13H2,1-3H3. The SMILES string of the molecule is COC(=O)C(CN1CCCC1)(NC(C)C)c1ccccc1. The molecule has 0 spiro atoms. The Balaban J connectivity index is 2.39. The zero-order chi connectivity index (χ0) is 15.3. The molecule has 1 N–H and O–H groups in total. The first-order valence-corrected chi connectivity index (χ1v) is 7.72. The molecule has 1 saturated heterocycles. The molecule has 0 amide bonds. The van der Waals surface area contributed by atoms with Crippen molar-refractivity contribution in [3.05, 3.63) is 35.9 Å². The van der Waals surface area contributed by atoms with Crippen LogP contribution in [0.1, 0.15) is 32.3 Å². The van der Waals surface area contributed by atoms with Crippen molar-refractivity contribution in [3.63, 3.8) is 0 Å². The average Bonchev–Trinajstić information content (AvgIpc) is 2.99. The van der Waals surface area contributed by atoms with E-state index in [4.69, 9.17) is 4.74 Å². The molecule has 1 heterocycles. The molecule has 1 aliphatic rings. The van der Waals surface area contributed by atoms with Gasteiger partial charge < -0.3 is 9.64 Å². The van der Waals surface area contributed by atoms with Gasteiger partial charge in [-0.1, -0.05) is 30.3 Å². The van der Waals surface area contributed by atoms with Gasteiger partial charge in [0, 0.05) is 12.6 Å². The van der Waals surface area contributed by atoms with Crippen LogP contribution in [0.4, 0.5) is 0 Å². The molecule has 1 aromatic carbocycles. The first-order valence-electron chi connectivity index (χ1n) is 7.72. The normalized spacial score (nSPS) is 18.7. The first kappa shape index (κ1) is 16.0. The van der Waals surface area contributed by atoms with Crippen molar-refractivity contribution in [2.24, 2.45) is 0 Å². The van der Waals surface area contributed by atoms with Crippen molar-refractivity contribution in [2.75, 3.05) is 26.7 Å². The van der Waals surface area contributed by atoms with Crippen molar-refractivity contribution >= 4 is 5.97 Å². The van der Waals surface area contributed by atoms with E-state index >= 15 is 0 Å². The molecule has 0 aliphatic carbocycles. The number of nitrogens with zero attached hydrogens (tertiary/aromatic N) is 1. The van der Waals surface area contributed by atoms with Crippen molar-refractivity contribution in [3.8, 4) is 0 Å². The maximum atomic E-state index is 12.6. The van der Waals surface area contributed by atoms with Crippen LogP contribution in [0.3, 0.4) is 0 Å². The van der Waals surface area contributed by atoms with Crippen LogP contribution in [0, 0.1) is 0 Å². The number of esters is 1. The fourth-order valence-corrected chi connectivity index (χ4v) is 3.13. The van der Waals surface area contributed by atoms with Crippen LogP contribution in [0.2, 0.25) is 0 Å². The van der Waals surface area contributed by atoms with Gasteiger partial charge in [-0.2, -0.15) is 0 Å². The Bertz CT molecular complexity index is 455. The summed E-state index contributed by atoms with van der Waals surface area (Å²) in [6.45, 7) is 6.87. The number of likely N-dealkylation sites (tertiary alicyclic amines) is 1. The Morgan fingerprint density at radius 1 is 1.29 bits per heavy atom. The molecule has 21 heavy (non-hydrogen) atoms. The summed E-state index contributed by atoms with van der Waals surface area (Å²) in [6, 6.07) is 10.1. The molecule has 1 aromatic rings. The number of hydrogen-bond acceptors (Lipinski definition) is 4. The lowest BCUT2D eigenvalue weighted by Crippen LogP contribution is -2.58. The van der Waals surface area contributed by atoms with E-state index in [1.807, 2.05) is 30.3 Å². The van der Waals surface area contributed by atoms with E-state index in [-0.39, 0.29) is 12.0 Å². The van der Waals surface area contributed by atoms with Crippen LogP contribution in [-0.2, 0) is 15.1 Å². The van der Waals surface area contributed by atoms with E-state index in [1.165, 1.54) is 20.0 Å². The van der Waals surface area contributed by atoms with Gasteiger partial charge >= 0.3 is 5.97 Å². The lowest BCUT2D eigenvalue weighted by molar-refractivity contribution is -0.150. The molecule has 1 atom stereocenters. The Labute approximate surface area is 127 Å². The summed E-state index contributed by atoms with van der Waals surface area (Å²) >= 11 is 0. The van der Waals surface area contributed by atoms with E-state index in [0.717, 1.165) is 18.7 Å². The minimum atomic E-state index is -0.797. The smallest absolute Gasteiger partial charge is 0.332 e. The highest BCUT2D eigenvalue weighted by molar-refractivity contribution is 5.83. The van der Waals surface area contributed by atoms with E-state index in [2.05, 4.69) is 24.1 Å². The molecule has 4 nitrogen and oxygen atoms in total. The molecule has 1 unspecified atom stereocenters.